The maximum absolute atomic E-state index is 13.2. The number of nitrogens with zero attached hydrogens (tertiary/aromatic N) is 1. The first-order valence-electron chi connectivity index (χ1n) is 11.7. The third kappa shape index (κ3) is 5.80. The van der Waals surface area contributed by atoms with Gasteiger partial charge in [0.05, 0.1) is 12.8 Å². The fourth-order valence-corrected chi connectivity index (χ4v) is 4.80. The SMILES string of the molecule is O=C(N[C@H](C(=O)NCc1ccco1)C1CCN(C(=O)C2CCCC2)CC1)c1ccc(F)cc1. The third-order valence-corrected chi connectivity index (χ3v) is 6.72. The van der Waals surface area contributed by atoms with Crippen LogP contribution in [0, 0.1) is 17.7 Å². The molecule has 2 N–H and O–H groups in total. The van der Waals surface area contributed by atoms with Crippen LogP contribution in [-0.2, 0) is 16.1 Å². The standard InChI is InChI=1S/C25H30FN3O4/c26-20-9-7-18(8-10-20)23(30)28-22(24(31)27-16-21-6-3-15-33-21)17-11-13-29(14-12-17)25(32)19-4-1-2-5-19/h3,6-10,15,17,19,22H,1-2,4-5,11-14,16H2,(H,27,31)(H,28,30)/t22-/m0/s1. The van der Waals surface area contributed by atoms with Gasteiger partial charge in [-0.1, -0.05) is 12.8 Å². The second kappa shape index (κ2) is 10.6. The molecule has 1 atom stereocenters. The number of piperidine rings is 1. The molecule has 1 aromatic heterocycles. The van der Waals surface area contributed by atoms with Gasteiger partial charge in [0.2, 0.25) is 11.8 Å². The van der Waals surface area contributed by atoms with Gasteiger partial charge in [0, 0.05) is 24.6 Å². The van der Waals surface area contributed by atoms with Gasteiger partial charge in [-0.2, -0.15) is 0 Å². The molecule has 1 aliphatic carbocycles. The summed E-state index contributed by atoms with van der Waals surface area (Å²) in [4.78, 5) is 40.6. The van der Waals surface area contributed by atoms with Gasteiger partial charge in [0.1, 0.15) is 17.6 Å². The van der Waals surface area contributed by atoms with Crippen LogP contribution in [0.3, 0.4) is 0 Å². The topological polar surface area (TPSA) is 91.7 Å². The van der Waals surface area contributed by atoms with Crippen LogP contribution in [0.1, 0.15) is 54.6 Å². The number of halogens is 1. The summed E-state index contributed by atoms with van der Waals surface area (Å²) in [6.45, 7) is 1.37. The zero-order valence-corrected chi connectivity index (χ0v) is 18.6. The number of benzene rings is 1. The van der Waals surface area contributed by atoms with Crippen molar-refractivity contribution in [2.45, 2.75) is 51.1 Å². The van der Waals surface area contributed by atoms with Gasteiger partial charge in [-0.15, -0.1) is 0 Å². The summed E-state index contributed by atoms with van der Waals surface area (Å²) < 4.78 is 18.5. The monoisotopic (exact) mass is 455 g/mol. The van der Waals surface area contributed by atoms with Crippen molar-refractivity contribution in [2.75, 3.05) is 13.1 Å². The summed E-state index contributed by atoms with van der Waals surface area (Å²) >= 11 is 0. The summed E-state index contributed by atoms with van der Waals surface area (Å²) in [5.41, 5.74) is 0.286. The van der Waals surface area contributed by atoms with Crippen LogP contribution in [-0.4, -0.2) is 41.8 Å². The van der Waals surface area contributed by atoms with Gasteiger partial charge < -0.3 is 20.0 Å². The van der Waals surface area contributed by atoms with Crippen LogP contribution in [0.2, 0.25) is 0 Å². The van der Waals surface area contributed by atoms with E-state index in [9.17, 15) is 18.8 Å². The van der Waals surface area contributed by atoms with Crippen molar-refractivity contribution < 1.29 is 23.2 Å². The molecule has 0 spiro atoms. The maximum Gasteiger partial charge on any atom is 0.251 e. The van der Waals surface area contributed by atoms with Crippen LogP contribution < -0.4 is 10.6 Å². The fourth-order valence-electron chi connectivity index (χ4n) is 4.80. The Hall–Kier alpha value is -3.16. The average Bonchev–Trinajstić information content (AvgIpc) is 3.56. The Morgan fingerprint density at radius 3 is 2.36 bits per heavy atom. The van der Waals surface area contributed by atoms with Crippen molar-refractivity contribution in [1.82, 2.24) is 15.5 Å². The first kappa shape index (κ1) is 23.0. The zero-order valence-electron chi connectivity index (χ0n) is 18.6. The van der Waals surface area contributed by atoms with Gasteiger partial charge in [-0.05, 0) is 68.0 Å². The lowest BCUT2D eigenvalue weighted by Crippen LogP contribution is -2.54. The largest absolute Gasteiger partial charge is 0.467 e. The Labute approximate surface area is 192 Å². The van der Waals surface area contributed by atoms with Crippen LogP contribution in [0.5, 0.6) is 0 Å². The lowest BCUT2D eigenvalue weighted by atomic mass is 9.87. The zero-order chi connectivity index (χ0) is 23.2. The van der Waals surface area contributed by atoms with Crippen LogP contribution >= 0.6 is 0 Å². The first-order valence-corrected chi connectivity index (χ1v) is 11.7. The molecule has 1 aliphatic heterocycles. The number of furan rings is 1. The number of hydrogen-bond donors (Lipinski definition) is 2. The second-order valence-electron chi connectivity index (χ2n) is 8.90. The Morgan fingerprint density at radius 1 is 1.03 bits per heavy atom. The van der Waals surface area contributed by atoms with E-state index in [1.54, 1.807) is 12.1 Å². The van der Waals surface area contributed by atoms with E-state index in [2.05, 4.69) is 10.6 Å². The summed E-state index contributed by atoms with van der Waals surface area (Å²) in [5.74, 6) is -0.312. The van der Waals surface area contributed by atoms with E-state index >= 15 is 0 Å². The van der Waals surface area contributed by atoms with Crippen molar-refractivity contribution >= 4 is 17.7 Å². The van der Waals surface area contributed by atoms with Crippen molar-refractivity contribution in [3.05, 3.63) is 59.8 Å². The van der Waals surface area contributed by atoms with Crippen molar-refractivity contribution in [2.24, 2.45) is 11.8 Å². The molecule has 1 aromatic carbocycles. The minimum Gasteiger partial charge on any atom is -0.467 e. The highest BCUT2D eigenvalue weighted by atomic mass is 19.1. The highest BCUT2D eigenvalue weighted by Gasteiger charge is 2.36. The number of rotatable bonds is 7. The Morgan fingerprint density at radius 2 is 1.73 bits per heavy atom. The molecule has 2 aromatic rings. The molecule has 8 heteroatoms. The predicted octanol–water partition coefficient (Wildman–Crippen LogP) is 3.26. The van der Waals surface area contributed by atoms with Crippen molar-refractivity contribution in [3.63, 3.8) is 0 Å². The number of hydrogen-bond acceptors (Lipinski definition) is 4. The minimum absolute atomic E-state index is 0.112. The number of likely N-dealkylation sites (tertiary alicyclic amines) is 1. The molecule has 0 bridgehead atoms. The van der Waals surface area contributed by atoms with Gasteiger partial charge in [0.15, 0.2) is 0 Å². The summed E-state index contributed by atoms with van der Waals surface area (Å²) in [6.07, 6.45) is 6.93. The van der Waals surface area contributed by atoms with Gasteiger partial charge in [-0.3, -0.25) is 14.4 Å². The third-order valence-electron chi connectivity index (χ3n) is 6.72. The van der Waals surface area contributed by atoms with Crippen molar-refractivity contribution in [1.29, 1.82) is 0 Å². The van der Waals surface area contributed by atoms with Crippen molar-refractivity contribution in [3.8, 4) is 0 Å². The van der Waals surface area contributed by atoms with E-state index in [0.717, 1.165) is 25.7 Å². The van der Waals surface area contributed by atoms with Crippen LogP contribution in [0.15, 0.2) is 47.1 Å². The van der Waals surface area contributed by atoms with Gasteiger partial charge in [-0.25, -0.2) is 4.39 Å². The second-order valence-corrected chi connectivity index (χ2v) is 8.90. The summed E-state index contributed by atoms with van der Waals surface area (Å²) in [6, 6.07) is 7.96. The molecule has 4 rings (SSSR count). The molecule has 3 amide bonds. The Bertz CT molecular complexity index is 947. The fraction of sp³-hybridized carbons (Fsp3) is 0.480. The van der Waals surface area contributed by atoms with E-state index in [0.29, 0.717) is 31.7 Å². The molecule has 2 heterocycles. The maximum atomic E-state index is 13.2. The number of amides is 3. The minimum atomic E-state index is -0.763. The highest BCUT2D eigenvalue weighted by molar-refractivity contribution is 5.97. The number of nitrogens with one attached hydrogen (secondary N) is 2. The van der Waals surface area contributed by atoms with E-state index in [4.69, 9.17) is 4.42 Å². The predicted molar refractivity (Wildman–Crippen MR) is 119 cm³/mol. The first-order chi connectivity index (χ1) is 16.0. The highest BCUT2D eigenvalue weighted by Crippen LogP contribution is 2.29. The summed E-state index contributed by atoms with van der Waals surface area (Å²) in [7, 11) is 0. The normalized spacial score (nSPS) is 18.2. The molecule has 1 saturated carbocycles. The molecular weight excluding hydrogens is 425 g/mol. The molecule has 0 radical (unpaired) electrons. The smallest absolute Gasteiger partial charge is 0.251 e. The molecule has 7 nitrogen and oxygen atoms in total. The van der Waals surface area contributed by atoms with Gasteiger partial charge in [0.25, 0.3) is 5.91 Å². The van der Waals surface area contributed by atoms with Crippen LogP contribution in [0.4, 0.5) is 4.39 Å². The number of carbonyl (C=O) groups excluding carboxylic acids is 3. The van der Waals surface area contributed by atoms with E-state index in [-0.39, 0.29) is 35.8 Å². The molecule has 0 unspecified atom stereocenters. The quantitative estimate of drug-likeness (QED) is 0.670. The molecule has 176 valence electrons. The molecule has 2 aliphatic rings. The molecule has 1 saturated heterocycles. The van der Waals surface area contributed by atoms with E-state index < -0.39 is 17.8 Å². The molecular formula is C25H30FN3O4. The average molecular weight is 456 g/mol. The van der Waals surface area contributed by atoms with E-state index in [1.807, 2.05) is 4.90 Å². The van der Waals surface area contributed by atoms with E-state index in [1.165, 1.54) is 30.5 Å². The Kier molecular flexibility index (Phi) is 7.42. The number of carbonyl (C=O) groups is 3. The molecule has 33 heavy (non-hydrogen) atoms. The Balaban J connectivity index is 1.41. The molecule has 2 fully saturated rings. The summed E-state index contributed by atoms with van der Waals surface area (Å²) in [5, 5.41) is 5.68. The lowest BCUT2D eigenvalue weighted by molar-refractivity contribution is -0.137. The lowest BCUT2D eigenvalue weighted by Gasteiger charge is -2.36. The van der Waals surface area contributed by atoms with Gasteiger partial charge >= 0.3 is 0 Å². The van der Waals surface area contributed by atoms with Crippen LogP contribution in [0.25, 0.3) is 0 Å².